The number of amides is 1. The number of aromatic nitrogens is 1. The van der Waals surface area contributed by atoms with Crippen LogP contribution in [0.1, 0.15) is 35.3 Å². The number of carbonyl (C=O) groups excluding carboxylic acids is 1. The minimum absolute atomic E-state index is 0.118. The van der Waals surface area contributed by atoms with Crippen LogP contribution >= 0.6 is 11.3 Å². The molecule has 3 aromatic rings. The van der Waals surface area contributed by atoms with E-state index in [1.807, 2.05) is 42.6 Å². The Labute approximate surface area is 164 Å². The molecule has 1 aromatic heterocycles. The quantitative estimate of drug-likeness (QED) is 0.600. The predicted octanol–water partition coefficient (Wildman–Crippen LogP) is 5.37. The highest BCUT2D eigenvalue weighted by Gasteiger charge is 2.15. The van der Waals surface area contributed by atoms with Crippen LogP contribution in [0.4, 0.5) is 10.9 Å². The smallest absolute Gasteiger partial charge is 0.257 e. The van der Waals surface area contributed by atoms with Crippen LogP contribution in [0.2, 0.25) is 0 Å². The Morgan fingerprint density at radius 1 is 1.11 bits per heavy atom. The number of hydrogen-bond acceptors (Lipinski definition) is 4. The summed E-state index contributed by atoms with van der Waals surface area (Å²) in [5.41, 5.74) is 2.88. The highest BCUT2D eigenvalue weighted by molar-refractivity contribution is 7.14. The molecule has 27 heavy (non-hydrogen) atoms. The number of rotatable bonds is 7. The molecule has 1 amide bonds. The molecule has 0 atom stereocenters. The Morgan fingerprint density at radius 3 is 2.52 bits per heavy atom. The van der Waals surface area contributed by atoms with Gasteiger partial charge in [0.05, 0.1) is 0 Å². The normalized spacial score (nSPS) is 10.8. The SMILES string of the molecule is Cc1ccccc1C(=O)Nc1nc(N(Cc2ccccc2)CC(C)C)cs1. The highest BCUT2D eigenvalue weighted by Crippen LogP contribution is 2.25. The third-order valence-electron chi connectivity index (χ3n) is 4.23. The Bertz CT molecular complexity index is 889. The Hall–Kier alpha value is -2.66. The molecule has 4 nitrogen and oxygen atoms in total. The summed E-state index contributed by atoms with van der Waals surface area (Å²) in [5, 5.41) is 5.57. The van der Waals surface area contributed by atoms with Gasteiger partial charge in [0.25, 0.3) is 5.91 Å². The summed E-state index contributed by atoms with van der Waals surface area (Å²) in [6.45, 7) is 8.04. The minimum atomic E-state index is -0.118. The zero-order chi connectivity index (χ0) is 19.2. The average molecular weight is 380 g/mol. The topological polar surface area (TPSA) is 45.2 Å². The van der Waals surface area contributed by atoms with Gasteiger partial charge in [-0.25, -0.2) is 4.98 Å². The lowest BCUT2D eigenvalue weighted by molar-refractivity contribution is 0.102. The van der Waals surface area contributed by atoms with Gasteiger partial charge in [-0.2, -0.15) is 0 Å². The minimum Gasteiger partial charge on any atom is -0.351 e. The molecule has 2 aromatic carbocycles. The molecule has 0 aliphatic carbocycles. The van der Waals surface area contributed by atoms with Crippen LogP contribution in [-0.2, 0) is 6.54 Å². The first-order valence-corrected chi connectivity index (χ1v) is 10.0. The van der Waals surface area contributed by atoms with Gasteiger partial charge in [-0.1, -0.05) is 62.4 Å². The molecular weight excluding hydrogens is 354 g/mol. The predicted molar refractivity (Wildman–Crippen MR) is 114 cm³/mol. The zero-order valence-electron chi connectivity index (χ0n) is 16.0. The maximum Gasteiger partial charge on any atom is 0.257 e. The van der Waals surface area contributed by atoms with Crippen molar-refractivity contribution in [2.75, 3.05) is 16.8 Å². The van der Waals surface area contributed by atoms with E-state index < -0.39 is 0 Å². The van der Waals surface area contributed by atoms with Crippen LogP contribution in [0.15, 0.2) is 60.0 Å². The van der Waals surface area contributed by atoms with Gasteiger partial charge >= 0.3 is 0 Å². The molecule has 1 N–H and O–H groups in total. The fourth-order valence-corrected chi connectivity index (χ4v) is 3.66. The second-order valence-electron chi connectivity index (χ2n) is 7.04. The summed E-state index contributed by atoms with van der Waals surface area (Å²) in [4.78, 5) is 19.5. The van der Waals surface area contributed by atoms with E-state index in [1.54, 1.807) is 0 Å². The van der Waals surface area contributed by atoms with Crippen molar-refractivity contribution in [3.05, 3.63) is 76.7 Å². The van der Waals surface area contributed by atoms with Crippen molar-refractivity contribution in [3.63, 3.8) is 0 Å². The number of nitrogens with one attached hydrogen (secondary N) is 1. The molecule has 0 spiro atoms. The fourth-order valence-electron chi connectivity index (χ4n) is 2.94. The molecule has 140 valence electrons. The first-order chi connectivity index (χ1) is 13.0. The van der Waals surface area contributed by atoms with Crippen molar-refractivity contribution in [1.82, 2.24) is 4.98 Å². The summed E-state index contributed by atoms with van der Waals surface area (Å²) >= 11 is 1.46. The maximum absolute atomic E-state index is 12.5. The van der Waals surface area contributed by atoms with E-state index in [9.17, 15) is 4.79 Å². The summed E-state index contributed by atoms with van der Waals surface area (Å²) in [6.07, 6.45) is 0. The molecule has 0 radical (unpaired) electrons. The molecule has 0 unspecified atom stereocenters. The molecular formula is C22H25N3OS. The van der Waals surface area contributed by atoms with E-state index in [4.69, 9.17) is 0 Å². The second kappa shape index (κ2) is 8.82. The summed E-state index contributed by atoms with van der Waals surface area (Å²) in [6, 6.07) is 18.0. The summed E-state index contributed by atoms with van der Waals surface area (Å²) in [5.74, 6) is 1.30. The van der Waals surface area contributed by atoms with Crippen molar-refractivity contribution in [3.8, 4) is 0 Å². The van der Waals surface area contributed by atoms with E-state index in [-0.39, 0.29) is 5.91 Å². The number of aryl methyl sites for hydroxylation is 1. The number of thiazole rings is 1. The number of hydrogen-bond donors (Lipinski definition) is 1. The van der Waals surface area contributed by atoms with Crippen LogP contribution in [-0.4, -0.2) is 17.4 Å². The molecule has 5 heteroatoms. The molecule has 0 fully saturated rings. The fraction of sp³-hybridized carbons (Fsp3) is 0.273. The molecule has 0 saturated heterocycles. The lowest BCUT2D eigenvalue weighted by Gasteiger charge is -2.24. The monoisotopic (exact) mass is 379 g/mol. The van der Waals surface area contributed by atoms with Gasteiger partial charge in [0.2, 0.25) is 0 Å². The van der Waals surface area contributed by atoms with Crippen LogP contribution in [0.5, 0.6) is 0 Å². The van der Waals surface area contributed by atoms with E-state index in [2.05, 4.69) is 53.3 Å². The van der Waals surface area contributed by atoms with Gasteiger partial charge in [0.1, 0.15) is 5.82 Å². The Balaban J connectivity index is 1.75. The number of benzene rings is 2. The highest BCUT2D eigenvalue weighted by atomic mass is 32.1. The molecule has 1 heterocycles. The molecule has 0 bridgehead atoms. The lowest BCUT2D eigenvalue weighted by Crippen LogP contribution is -2.27. The first kappa shape index (κ1) is 19.1. The van der Waals surface area contributed by atoms with Gasteiger partial charge in [0.15, 0.2) is 5.13 Å². The summed E-state index contributed by atoms with van der Waals surface area (Å²) in [7, 11) is 0. The van der Waals surface area contributed by atoms with Crippen molar-refractivity contribution in [2.24, 2.45) is 5.92 Å². The average Bonchev–Trinajstić information content (AvgIpc) is 3.10. The van der Waals surface area contributed by atoms with Gasteiger partial charge in [-0.15, -0.1) is 11.3 Å². The van der Waals surface area contributed by atoms with Crippen molar-refractivity contribution >= 4 is 28.2 Å². The largest absolute Gasteiger partial charge is 0.351 e. The number of anilines is 2. The Kier molecular flexibility index (Phi) is 6.24. The second-order valence-corrected chi connectivity index (χ2v) is 7.90. The van der Waals surface area contributed by atoms with Crippen LogP contribution in [0.25, 0.3) is 0 Å². The van der Waals surface area contributed by atoms with Crippen molar-refractivity contribution in [2.45, 2.75) is 27.3 Å². The van der Waals surface area contributed by atoms with E-state index >= 15 is 0 Å². The summed E-state index contributed by atoms with van der Waals surface area (Å²) < 4.78 is 0. The van der Waals surface area contributed by atoms with Crippen LogP contribution in [0.3, 0.4) is 0 Å². The number of carbonyl (C=O) groups is 1. The van der Waals surface area contributed by atoms with Crippen molar-refractivity contribution < 1.29 is 4.79 Å². The third-order valence-corrected chi connectivity index (χ3v) is 4.97. The van der Waals surface area contributed by atoms with Gasteiger partial charge < -0.3 is 4.90 Å². The van der Waals surface area contributed by atoms with Gasteiger partial charge in [0, 0.05) is 24.0 Å². The molecule has 3 rings (SSSR count). The molecule has 0 saturated carbocycles. The van der Waals surface area contributed by atoms with E-state index in [1.165, 1.54) is 16.9 Å². The third kappa shape index (κ3) is 5.17. The van der Waals surface area contributed by atoms with Gasteiger partial charge in [-0.05, 0) is 30.0 Å². The molecule has 0 aliphatic heterocycles. The first-order valence-electron chi connectivity index (χ1n) is 9.14. The van der Waals surface area contributed by atoms with Crippen LogP contribution in [0, 0.1) is 12.8 Å². The Morgan fingerprint density at radius 2 is 1.81 bits per heavy atom. The van der Waals surface area contributed by atoms with E-state index in [0.29, 0.717) is 16.6 Å². The van der Waals surface area contributed by atoms with E-state index in [0.717, 1.165) is 24.5 Å². The van der Waals surface area contributed by atoms with Crippen LogP contribution < -0.4 is 10.2 Å². The van der Waals surface area contributed by atoms with Gasteiger partial charge in [-0.3, -0.25) is 10.1 Å². The number of nitrogens with zero attached hydrogens (tertiary/aromatic N) is 2. The van der Waals surface area contributed by atoms with Crippen molar-refractivity contribution in [1.29, 1.82) is 0 Å². The molecule has 0 aliphatic rings. The lowest BCUT2D eigenvalue weighted by atomic mass is 10.1. The standard InChI is InChI=1S/C22H25N3OS/c1-16(2)13-25(14-18-10-5-4-6-11-18)20-15-27-22(23-20)24-21(26)19-12-8-7-9-17(19)3/h4-12,15-16H,13-14H2,1-3H3,(H,23,24,26). The maximum atomic E-state index is 12.5. The zero-order valence-corrected chi connectivity index (χ0v) is 16.8.